The monoisotopic (exact) mass is 412 g/mol. The normalized spacial score (nSPS) is 18.1. The van der Waals surface area contributed by atoms with E-state index in [-0.39, 0.29) is 18.0 Å². The molecular formula is C24H32N2O4. The second-order valence-electron chi connectivity index (χ2n) is 9.86. The molecule has 6 nitrogen and oxygen atoms in total. The molecule has 0 saturated carbocycles. The fourth-order valence-electron chi connectivity index (χ4n) is 3.49. The largest absolute Gasteiger partial charge is 0.493 e. The summed E-state index contributed by atoms with van der Waals surface area (Å²) in [7, 11) is 0. The van der Waals surface area contributed by atoms with Gasteiger partial charge >= 0.3 is 0 Å². The van der Waals surface area contributed by atoms with Crippen LogP contribution in [0.15, 0.2) is 36.4 Å². The highest BCUT2D eigenvalue weighted by molar-refractivity contribution is 5.68. The molecule has 3 rings (SSSR count). The first-order valence-electron chi connectivity index (χ1n) is 10.1. The molecule has 0 aliphatic carbocycles. The smallest absolute Gasteiger partial charge is 0.279 e. The predicted molar refractivity (Wildman–Crippen MR) is 117 cm³/mol. The third-order valence-electron chi connectivity index (χ3n) is 5.23. The van der Waals surface area contributed by atoms with Crippen molar-refractivity contribution in [2.45, 2.75) is 52.6 Å². The molecule has 0 bridgehead atoms. The molecule has 0 saturated heterocycles. The number of hydrogen-bond donors (Lipinski definition) is 3. The molecule has 0 aromatic heterocycles. The van der Waals surface area contributed by atoms with Crippen LogP contribution >= 0.6 is 0 Å². The van der Waals surface area contributed by atoms with Gasteiger partial charge in [-0.15, -0.1) is 0 Å². The summed E-state index contributed by atoms with van der Waals surface area (Å²) in [5.74, 6) is 2.13. The molecule has 6 heteroatoms. The Labute approximate surface area is 178 Å². The van der Waals surface area contributed by atoms with Gasteiger partial charge in [0.05, 0.1) is 17.6 Å². The van der Waals surface area contributed by atoms with Crippen molar-refractivity contribution in [1.82, 2.24) is 0 Å². The summed E-state index contributed by atoms with van der Waals surface area (Å²) in [6, 6.07) is 11.1. The van der Waals surface area contributed by atoms with E-state index in [1.807, 2.05) is 43.3 Å². The second kappa shape index (κ2) is 7.51. The van der Waals surface area contributed by atoms with Crippen LogP contribution < -0.4 is 15.2 Å². The van der Waals surface area contributed by atoms with Gasteiger partial charge in [0.2, 0.25) is 0 Å². The maximum Gasteiger partial charge on any atom is 0.279 e. The van der Waals surface area contributed by atoms with E-state index in [2.05, 4.69) is 20.8 Å². The van der Waals surface area contributed by atoms with Crippen LogP contribution in [0.3, 0.4) is 0 Å². The number of hydrogen-bond acceptors (Lipinski definition) is 5. The van der Waals surface area contributed by atoms with E-state index in [1.165, 1.54) is 0 Å². The Bertz CT molecular complexity index is 957. The van der Waals surface area contributed by atoms with Gasteiger partial charge in [-0.05, 0) is 62.1 Å². The molecular weight excluding hydrogens is 380 g/mol. The quantitative estimate of drug-likeness (QED) is 0.490. The van der Waals surface area contributed by atoms with Gasteiger partial charge in [0.15, 0.2) is 0 Å². The molecule has 0 spiro atoms. The lowest BCUT2D eigenvalue weighted by atomic mass is 9.73. The van der Waals surface area contributed by atoms with Crippen LogP contribution in [0, 0.1) is 10.8 Å². The lowest BCUT2D eigenvalue weighted by Gasteiger charge is -2.38. The number of amidine groups is 1. The van der Waals surface area contributed by atoms with Crippen LogP contribution in [0.5, 0.6) is 17.2 Å². The Balaban J connectivity index is 2.10. The van der Waals surface area contributed by atoms with Crippen LogP contribution in [0.2, 0.25) is 0 Å². The molecule has 2 aromatic rings. The summed E-state index contributed by atoms with van der Waals surface area (Å²) in [4.78, 5) is 0. The Hall–Kier alpha value is -2.73. The van der Waals surface area contributed by atoms with Gasteiger partial charge in [-0.25, -0.2) is 0 Å². The van der Waals surface area contributed by atoms with E-state index >= 15 is 0 Å². The van der Waals surface area contributed by atoms with E-state index in [0.717, 1.165) is 22.4 Å². The van der Waals surface area contributed by atoms with Crippen molar-refractivity contribution in [3.63, 3.8) is 0 Å². The minimum atomic E-state index is -1.00. The number of nitrogens with two attached hydrogens (primary N) is 1. The van der Waals surface area contributed by atoms with Crippen molar-refractivity contribution in [2.24, 2.45) is 11.1 Å². The van der Waals surface area contributed by atoms with Crippen LogP contribution in [0.1, 0.15) is 58.2 Å². The molecule has 0 unspecified atom stereocenters. The van der Waals surface area contributed by atoms with Gasteiger partial charge in [0, 0.05) is 11.1 Å². The zero-order valence-corrected chi connectivity index (χ0v) is 18.6. The number of benzene rings is 2. The number of rotatable bonds is 5. The van der Waals surface area contributed by atoms with Crippen molar-refractivity contribution in [2.75, 3.05) is 13.2 Å². The fraction of sp³-hybridized carbons (Fsp3) is 0.458. The van der Waals surface area contributed by atoms with E-state index < -0.39 is 11.0 Å². The van der Waals surface area contributed by atoms with Gasteiger partial charge in [0.1, 0.15) is 23.9 Å². The van der Waals surface area contributed by atoms with Crippen LogP contribution in [-0.2, 0) is 15.8 Å². The highest BCUT2D eigenvalue weighted by atomic mass is 16.5. The molecule has 0 amide bonds. The van der Waals surface area contributed by atoms with Gasteiger partial charge in [-0.2, -0.15) is 0 Å². The van der Waals surface area contributed by atoms with Crippen molar-refractivity contribution in [1.29, 1.82) is 5.41 Å². The molecule has 4 N–H and O–H groups in total. The van der Waals surface area contributed by atoms with Gasteiger partial charge in [-0.1, -0.05) is 26.8 Å². The number of fused-ring (bicyclic) bond motifs is 2. The van der Waals surface area contributed by atoms with Crippen molar-refractivity contribution in [3.05, 3.63) is 53.1 Å². The maximum atomic E-state index is 10.5. The number of nitrogens with one attached hydrogen (secondary N) is 1. The molecule has 1 atom stereocenters. The Morgan fingerprint density at radius 2 is 1.67 bits per heavy atom. The van der Waals surface area contributed by atoms with Crippen molar-refractivity contribution >= 4 is 6.02 Å². The number of aliphatic hydroxyl groups is 1. The minimum Gasteiger partial charge on any atom is -0.493 e. The molecule has 0 radical (unpaired) electrons. The minimum absolute atomic E-state index is 0.0294. The third-order valence-corrected chi connectivity index (χ3v) is 5.23. The van der Waals surface area contributed by atoms with Crippen LogP contribution in [-0.4, -0.2) is 24.3 Å². The SMILES string of the molecule is CC(C)(C)COc1ccc2c(c1)[C@](C)(COC(=N)N)c1cc(C(C)(C)O)ccc1O2. The summed E-state index contributed by atoms with van der Waals surface area (Å²) in [5.41, 5.74) is 6.38. The lowest BCUT2D eigenvalue weighted by molar-refractivity contribution is 0.0782. The van der Waals surface area contributed by atoms with Gasteiger partial charge in [0.25, 0.3) is 6.02 Å². The van der Waals surface area contributed by atoms with E-state index in [9.17, 15) is 5.11 Å². The Morgan fingerprint density at radius 1 is 1.07 bits per heavy atom. The van der Waals surface area contributed by atoms with E-state index in [0.29, 0.717) is 18.1 Å². The molecule has 2 aromatic carbocycles. The van der Waals surface area contributed by atoms with Crippen molar-refractivity contribution in [3.8, 4) is 17.2 Å². The summed E-state index contributed by atoms with van der Waals surface area (Å²) < 4.78 is 17.7. The molecule has 1 heterocycles. The average Bonchev–Trinajstić information content (AvgIpc) is 2.63. The zero-order valence-electron chi connectivity index (χ0n) is 18.6. The van der Waals surface area contributed by atoms with Crippen molar-refractivity contribution < 1.29 is 19.3 Å². The highest BCUT2D eigenvalue weighted by Gasteiger charge is 2.40. The summed E-state index contributed by atoms with van der Waals surface area (Å²) in [6.07, 6.45) is 0. The second-order valence-corrected chi connectivity index (χ2v) is 9.86. The first-order chi connectivity index (χ1) is 13.8. The summed E-state index contributed by atoms with van der Waals surface area (Å²) >= 11 is 0. The lowest BCUT2D eigenvalue weighted by Crippen LogP contribution is -2.36. The first kappa shape index (κ1) is 22.0. The topological polar surface area (TPSA) is 97.8 Å². The summed E-state index contributed by atoms with van der Waals surface area (Å²) in [6.45, 7) is 12.6. The van der Waals surface area contributed by atoms with E-state index in [4.69, 9.17) is 25.4 Å². The maximum absolute atomic E-state index is 10.5. The first-order valence-corrected chi connectivity index (χ1v) is 10.1. The number of ether oxygens (including phenoxy) is 3. The van der Waals surface area contributed by atoms with Crippen LogP contribution in [0.4, 0.5) is 0 Å². The zero-order chi connectivity index (χ0) is 22.3. The average molecular weight is 413 g/mol. The molecule has 1 aliphatic rings. The third kappa shape index (κ3) is 4.54. The van der Waals surface area contributed by atoms with Crippen LogP contribution in [0.25, 0.3) is 0 Å². The standard InChI is InChI=1S/C24H32N2O4/c1-22(2,3)13-28-16-8-10-20-18(12-16)24(6,14-29-21(25)26)17-11-15(23(4,5)27)7-9-19(17)30-20/h7-12,27H,13-14H2,1-6H3,(H3,25,26)/t24-/m1/s1. The Morgan fingerprint density at radius 3 is 2.23 bits per heavy atom. The molecule has 162 valence electrons. The Kier molecular flexibility index (Phi) is 5.50. The summed E-state index contributed by atoms with van der Waals surface area (Å²) in [5, 5.41) is 18.1. The molecule has 1 aliphatic heterocycles. The van der Waals surface area contributed by atoms with Gasteiger partial charge in [-0.3, -0.25) is 5.41 Å². The highest BCUT2D eigenvalue weighted by Crippen LogP contribution is 2.50. The fourth-order valence-corrected chi connectivity index (χ4v) is 3.49. The van der Waals surface area contributed by atoms with Gasteiger partial charge < -0.3 is 25.1 Å². The molecule has 30 heavy (non-hydrogen) atoms. The predicted octanol–water partition coefficient (Wildman–Crippen LogP) is 4.66. The molecule has 0 fully saturated rings. The van der Waals surface area contributed by atoms with E-state index in [1.54, 1.807) is 13.8 Å².